The van der Waals surface area contributed by atoms with Gasteiger partial charge in [-0.15, -0.1) is 0 Å². The van der Waals surface area contributed by atoms with Crippen molar-refractivity contribution < 1.29 is 8.42 Å². The van der Waals surface area contributed by atoms with Crippen LogP contribution >= 0.6 is 0 Å². The number of nitrogens with zero attached hydrogens (tertiary/aromatic N) is 2. The van der Waals surface area contributed by atoms with E-state index in [-0.39, 0.29) is 5.75 Å². The van der Waals surface area contributed by atoms with Gasteiger partial charge in [-0.2, -0.15) is 0 Å². The van der Waals surface area contributed by atoms with Gasteiger partial charge in [0, 0.05) is 19.6 Å². The molecule has 1 atom stereocenters. The van der Waals surface area contributed by atoms with E-state index in [1.165, 1.54) is 10.7 Å². The number of sulfonamides is 1. The predicted molar refractivity (Wildman–Crippen MR) is 57.7 cm³/mol. The molecule has 1 aliphatic rings. The molecule has 0 spiro atoms. The van der Waals surface area contributed by atoms with Crippen molar-refractivity contribution in [2.45, 2.75) is 25.8 Å². The van der Waals surface area contributed by atoms with Crippen molar-refractivity contribution in [3.63, 3.8) is 0 Å². The summed E-state index contributed by atoms with van der Waals surface area (Å²) in [6.45, 7) is 3.40. The molecule has 0 aromatic rings. The number of rotatable bonds is 4. The highest BCUT2D eigenvalue weighted by Gasteiger charge is 2.25. The number of hydrogen-bond donors (Lipinski definition) is 0. The molecule has 0 bridgehead atoms. The van der Waals surface area contributed by atoms with Gasteiger partial charge in [0.05, 0.1) is 5.75 Å². The summed E-state index contributed by atoms with van der Waals surface area (Å²) in [5.41, 5.74) is 0. The van der Waals surface area contributed by atoms with Crippen LogP contribution in [0.2, 0.25) is 0 Å². The van der Waals surface area contributed by atoms with Crippen LogP contribution in [0.1, 0.15) is 19.8 Å². The molecule has 14 heavy (non-hydrogen) atoms. The number of likely N-dealkylation sites (N-methyl/N-ethyl adjacent to an activating group) is 2. The van der Waals surface area contributed by atoms with Crippen LogP contribution < -0.4 is 0 Å². The van der Waals surface area contributed by atoms with Crippen molar-refractivity contribution in [1.29, 1.82) is 0 Å². The predicted octanol–water partition coefficient (Wildman–Crippen LogP) is 0.362. The van der Waals surface area contributed by atoms with Crippen molar-refractivity contribution in [3.8, 4) is 0 Å². The molecule has 1 rings (SSSR count). The largest absolute Gasteiger partial charge is 0.302 e. The van der Waals surface area contributed by atoms with Crippen molar-refractivity contribution in [3.05, 3.63) is 0 Å². The fraction of sp³-hybridized carbons (Fsp3) is 1.00. The van der Waals surface area contributed by atoms with Crippen LogP contribution in [0.5, 0.6) is 0 Å². The summed E-state index contributed by atoms with van der Waals surface area (Å²) in [6, 6.07) is 0.404. The van der Waals surface area contributed by atoms with Crippen LogP contribution in [-0.4, -0.2) is 56.6 Å². The van der Waals surface area contributed by atoms with Gasteiger partial charge in [-0.1, -0.05) is 0 Å². The van der Waals surface area contributed by atoms with Crippen LogP contribution in [0, 0.1) is 0 Å². The quantitative estimate of drug-likeness (QED) is 0.687. The molecule has 1 saturated heterocycles. The minimum absolute atomic E-state index is 0.194. The molecule has 5 heteroatoms. The summed E-state index contributed by atoms with van der Waals surface area (Å²) in [7, 11) is 0.729. The zero-order chi connectivity index (χ0) is 10.8. The van der Waals surface area contributed by atoms with Gasteiger partial charge in [0.1, 0.15) is 0 Å². The van der Waals surface area contributed by atoms with E-state index >= 15 is 0 Å². The molecule has 0 saturated carbocycles. The molecule has 1 unspecified atom stereocenters. The molecule has 0 aliphatic carbocycles. The third kappa shape index (κ3) is 2.68. The van der Waals surface area contributed by atoms with Crippen molar-refractivity contribution >= 4 is 10.0 Å². The lowest BCUT2D eigenvalue weighted by Crippen LogP contribution is -2.40. The van der Waals surface area contributed by atoms with Gasteiger partial charge >= 0.3 is 0 Å². The van der Waals surface area contributed by atoms with Crippen LogP contribution in [0.4, 0.5) is 0 Å². The molecule has 0 amide bonds. The first kappa shape index (κ1) is 11.9. The van der Waals surface area contributed by atoms with Crippen LogP contribution in [0.25, 0.3) is 0 Å². The van der Waals surface area contributed by atoms with E-state index in [4.69, 9.17) is 0 Å². The second-order valence-corrected chi connectivity index (χ2v) is 6.32. The molecular weight excluding hydrogens is 200 g/mol. The Morgan fingerprint density at radius 2 is 2.14 bits per heavy atom. The monoisotopic (exact) mass is 220 g/mol. The van der Waals surface area contributed by atoms with Crippen LogP contribution in [0.15, 0.2) is 0 Å². The van der Waals surface area contributed by atoms with Crippen molar-refractivity contribution in [2.24, 2.45) is 0 Å². The molecule has 0 aromatic heterocycles. The van der Waals surface area contributed by atoms with Gasteiger partial charge in [-0.05, 0) is 33.4 Å². The maximum Gasteiger partial charge on any atom is 0.213 e. The molecule has 0 radical (unpaired) electrons. The van der Waals surface area contributed by atoms with Crippen LogP contribution in [-0.2, 0) is 10.0 Å². The van der Waals surface area contributed by atoms with Gasteiger partial charge < -0.3 is 4.90 Å². The van der Waals surface area contributed by atoms with Crippen LogP contribution in [0.3, 0.4) is 0 Å². The first-order valence-corrected chi connectivity index (χ1v) is 6.72. The average molecular weight is 220 g/mol. The maximum atomic E-state index is 11.5. The topological polar surface area (TPSA) is 40.6 Å². The number of likely N-dealkylation sites (tertiary alicyclic amines) is 1. The first-order chi connectivity index (χ1) is 6.47. The summed E-state index contributed by atoms with van der Waals surface area (Å²) in [6.07, 6.45) is 2.29. The van der Waals surface area contributed by atoms with E-state index in [0.717, 1.165) is 13.0 Å². The summed E-state index contributed by atoms with van der Waals surface area (Å²) in [5.74, 6) is 0.194. The summed E-state index contributed by atoms with van der Waals surface area (Å²) < 4.78 is 24.5. The highest BCUT2D eigenvalue weighted by atomic mass is 32.2. The molecule has 84 valence electrons. The van der Waals surface area contributed by atoms with Crippen molar-refractivity contribution in [1.82, 2.24) is 9.21 Å². The molecule has 1 aliphatic heterocycles. The molecule has 1 fully saturated rings. The van der Waals surface area contributed by atoms with E-state index in [1.807, 2.05) is 0 Å². The second-order valence-electron chi connectivity index (χ2n) is 3.96. The van der Waals surface area contributed by atoms with Gasteiger partial charge in [0.15, 0.2) is 0 Å². The zero-order valence-electron chi connectivity index (χ0n) is 9.23. The van der Waals surface area contributed by atoms with E-state index in [0.29, 0.717) is 12.6 Å². The van der Waals surface area contributed by atoms with Gasteiger partial charge in [-0.3, -0.25) is 0 Å². The molecular formula is C9H20N2O2S. The maximum absolute atomic E-state index is 11.5. The van der Waals surface area contributed by atoms with Gasteiger partial charge in [0.2, 0.25) is 10.0 Å². The summed E-state index contributed by atoms with van der Waals surface area (Å²) >= 11 is 0. The Balaban J connectivity index is 2.52. The number of hydrogen-bond acceptors (Lipinski definition) is 3. The minimum Gasteiger partial charge on any atom is -0.302 e. The molecule has 4 nitrogen and oxygen atoms in total. The lowest BCUT2D eigenvalue weighted by atomic mass is 10.2. The zero-order valence-corrected chi connectivity index (χ0v) is 10.0. The Bertz CT molecular complexity index is 277. The van der Waals surface area contributed by atoms with E-state index in [9.17, 15) is 8.42 Å². The lowest BCUT2D eigenvalue weighted by molar-refractivity contribution is 0.271. The summed E-state index contributed by atoms with van der Waals surface area (Å²) in [5, 5.41) is 0. The Hall–Kier alpha value is -0.130. The third-order valence-corrected chi connectivity index (χ3v) is 4.81. The fourth-order valence-electron chi connectivity index (χ4n) is 1.84. The van der Waals surface area contributed by atoms with E-state index < -0.39 is 10.0 Å². The highest BCUT2D eigenvalue weighted by molar-refractivity contribution is 7.89. The molecule has 0 N–H and O–H groups in total. The molecule has 0 aromatic carbocycles. The Kier molecular flexibility index (Phi) is 3.92. The minimum atomic E-state index is -3.00. The fourth-order valence-corrected chi connectivity index (χ4v) is 2.68. The summed E-state index contributed by atoms with van der Waals surface area (Å²) in [4.78, 5) is 2.24. The SMILES string of the molecule is CCS(=O)(=O)N(C)CC1CCCN1C. The Morgan fingerprint density at radius 3 is 2.57 bits per heavy atom. The third-order valence-electron chi connectivity index (χ3n) is 2.98. The first-order valence-electron chi connectivity index (χ1n) is 5.11. The molecule has 1 heterocycles. The smallest absolute Gasteiger partial charge is 0.213 e. The standard InChI is InChI=1S/C9H20N2O2S/c1-4-14(12,13)11(3)8-9-6-5-7-10(9)2/h9H,4-8H2,1-3H3. The second kappa shape index (κ2) is 4.59. The normalized spacial score (nSPS) is 24.7. The highest BCUT2D eigenvalue weighted by Crippen LogP contribution is 2.16. The lowest BCUT2D eigenvalue weighted by Gasteiger charge is -2.24. The van der Waals surface area contributed by atoms with E-state index in [1.54, 1.807) is 14.0 Å². The van der Waals surface area contributed by atoms with Gasteiger partial charge in [-0.25, -0.2) is 12.7 Å². The Labute approximate surface area is 86.9 Å². The van der Waals surface area contributed by atoms with Gasteiger partial charge in [0.25, 0.3) is 0 Å². The average Bonchev–Trinajstić information content (AvgIpc) is 2.52. The Morgan fingerprint density at radius 1 is 1.50 bits per heavy atom. The van der Waals surface area contributed by atoms with Crippen molar-refractivity contribution in [2.75, 3.05) is 32.9 Å². The van der Waals surface area contributed by atoms with E-state index in [2.05, 4.69) is 11.9 Å².